The fourth-order valence-electron chi connectivity index (χ4n) is 3.43. The molecule has 7 heteroatoms. The van der Waals surface area contributed by atoms with Crippen molar-refractivity contribution in [3.8, 4) is 22.6 Å². The molecule has 28 heavy (non-hydrogen) atoms. The third-order valence-corrected chi connectivity index (χ3v) is 4.69. The first kappa shape index (κ1) is 19.3. The molecule has 0 fully saturated rings. The molecule has 0 radical (unpaired) electrons. The van der Waals surface area contributed by atoms with E-state index >= 15 is 0 Å². The number of esters is 1. The highest BCUT2D eigenvalue weighted by atomic mass is 16.5. The summed E-state index contributed by atoms with van der Waals surface area (Å²) in [4.78, 5) is 49.5. The summed E-state index contributed by atoms with van der Waals surface area (Å²) in [5.74, 6) is -3.77. The summed E-state index contributed by atoms with van der Waals surface area (Å²) in [6.45, 7) is 1.79. The van der Waals surface area contributed by atoms with Crippen molar-refractivity contribution in [3.63, 3.8) is 0 Å². The Morgan fingerprint density at radius 2 is 1.75 bits per heavy atom. The number of carbonyl (C=O) groups is 4. The highest BCUT2D eigenvalue weighted by Crippen LogP contribution is 2.45. The van der Waals surface area contributed by atoms with E-state index in [1.807, 2.05) is 0 Å². The monoisotopic (exact) mass is 382 g/mol. The lowest BCUT2D eigenvalue weighted by Gasteiger charge is -2.23. The summed E-state index contributed by atoms with van der Waals surface area (Å²) >= 11 is 0. The molecule has 0 unspecified atom stereocenters. The number of hydrogen-bond acceptors (Lipinski definition) is 7. The number of carbonyl (C=O) groups excluding carboxylic acids is 4. The zero-order chi connectivity index (χ0) is 20.6. The van der Waals surface area contributed by atoms with Crippen LogP contribution in [0.15, 0.2) is 24.3 Å². The van der Waals surface area contributed by atoms with Crippen LogP contribution in [0.2, 0.25) is 0 Å². The topological polar surface area (TPSA) is 118 Å². The first-order valence-electron chi connectivity index (χ1n) is 8.72. The minimum Gasteiger partial charge on any atom is -0.507 e. The Morgan fingerprint density at radius 3 is 2.39 bits per heavy atom. The fourth-order valence-corrected chi connectivity index (χ4v) is 3.43. The van der Waals surface area contributed by atoms with Crippen LogP contribution < -0.4 is 0 Å². The van der Waals surface area contributed by atoms with Crippen molar-refractivity contribution in [2.24, 2.45) is 0 Å². The number of hydrogen-bond donors (Lipinski definition) is 2. The molecule has 2 N–H and O–H groups in total. The van der Waals surface area contributed by atoms with E-state index in [0.717, 1.165) is 0 Å². The van der Waals surface area contributed by atoms with E-state index in [9.17, 15) is 29.4 Å². The van der Waals surface area contributed by atoms with Gasteiger partial charge in [-0.25, -0.2) is 0 Å². The SMILES string of the molecule is CCCC(=O)c1c(CC(=O)OC)cc2c(c1O)-c1cccc(O)c1C(=O)C2=O. The third kappa shape index (κ3) is 2.94. The van der Waals surface area contributed by atoms with E-state index in [0.29, 0.717) is 6.42 Å². The van der Waals surface area contributed by atoms with Gasteiger partial charge in [-0.05, 0) is 24.1 Å². The predicted octanol–water partition coefficient (Wildman–Crippen LogP) is 2.84. The number of ketones is 3. The van der Waals surface area contributed by atoms with Crippen molar-refractivity contribution in [1.29, 1.82) is 0 Å². The normalized spacial score (nSPS) is 12.4. The molecule has 0 atom stereocenters. The molecule has 0 saturated heterocycles. The Morgan fingerprint density at radius 1 is 1.04 bits per heavy atom. The Kier molecular flexibility index (Phi) is 5.00. The van der Waals surface area contributed by atoms with Crippen LogP contribution in [0.25, 0.3) is 11.1 Å². The van der Waals surface area contributed by atoms with Gasteiger partial charge in [-0.1, -0.05) is 19.1 Å². The van der Waals surface area contributed by atoms with Crippen LogP contribution >= 0.6 is 0 Å². The molecule has 0 amide bonds. The zero-order valence-electron chi connectivity index (χ0n) is 15.4. The lowest BCUT2D eigenvalue weighted by atomic mass is 9.79. The fraction of sp³-hybridized carbons (Fsp3) is 0.238. The number of benzene rings is 2. The predicted molar refractivity (Wildman–Crippen MR) is 98.8 cm³/mol. The molecule has 144 valence electrons. The van der Waals surface area contributed by atoms with E-state index < -0.39 is 29.1 Å². The summed E-state index contributed by atoms with van der Waals surface area (Å²) in [6, 6.07) is 5.49. The molecule has 2 aromatic carbocycles. The maximum Gasteiger partial charge on any atom is 0.310 e. The summed E-state index contributed by atoms with van der Waals surface area (Å²) in [6.07, 6.45) is 0.304. The van der Waals surface area contributed by atoms with Gasteiger partial charge in [0.05, 0.1) is 24.7 Å². The first-order chi connectivity index (χ1) is 13.3. The standard InChI is InChI=1S/C21H18O7/c1-3-5-13(22)16-10(9-15(24)28-2)8-12-17(20(16)26)11-6-4-7-14(23)18(11)21(27)19(12)25/h4,6-8,23,26H,3,5,9H2,1-2H3. The van der Waals surface area contributed by atoms with Crippen LogP contribution in [-0.4, -0.2) is 40.6 Å². The van der Waals surface area contributed by atoms with E-state index in [2.05, 4.69) is 4.74 Å². The molecule has 3 rings (SSSR count). The maximum absolute atomic E-state index is 12.7. The second-order valence-electron chi connectivity index (χ2n) is 6.47. The largest absolute Gasteiger partial charge is 0.507 e. The van der Waals surface area contributed by atoms with Crippen LogP contribution in [0.1, 0.15) is 56.4 Å². The van der Waals surface area contributed by atoms with Gasteiger partial charge in [0.25, 0.3) is 0 Å². The van der Waals surface area contributed by atoms with Gasteiger partial charge in [0.15, 0.2) is 5.78 Å². The van der Waals surface area contributed by atoms with Gasteiger partial charge in [-0.3, -0.25) is 19.2 Å². The van der Waals surface area contributed by atoms with Crippen molar-refractivity contribution in [2.75, 3.05) is 7.11 Å². The quantitative estimate of drug-likeness (QED) is 0.464. The summed E-state index contributed by atoms with van der Waals surface area (Å²) in [5.41, 5.74) is -0.137. The average molecular weight is 382 g/mol. The molecule has 0 aliphatic heterocycles. The second-order valence-corrected chi connectivity index (χ2v) is 6.47. The Balaban J connectivity index is 2.37. The number of methoxy groups -OCH3 is 1. The summed E-state index contributed by atoms with van der Waals surface area (Å²) in [5, 5.41) is 21.0. The van der Waals surface area contributed by atoms with Gasteiger partial charge in [-0.15, -0.1) is 0 Å². The van der Waals surface area contributed by atoms with Gasteiger partial charge in [-0.2, -0.15) is 0 Å². The lowest BCUT2D eigenvalue weighted by Crippen LogP contribution is -2.23. The molecule has 0 bridgehead atoms. The molecular formula is C21H18O7. The Labute approximate surface area is 160 Å². The van der Waals surface area contributed by atoms with Crippen LogP contribution in [-0.2, 0) is 16.0 Å². The highest BCUT2D eigenvalue weighted by molar-refractivity contribution is 6.53. The number of aromatic hydroxyl groups is 2. The number of phenolic OH excluding ortho intramolecular Hbond substituents is 2. The smallest absolute Gasteiger partial charge is 0.310 e. The van der Waals surface area contributed by atoms with Crippen LogP contribution in [0.4, 0.5) is 0 Å². The lowest BCUT2D eigenvalue weighted by molar-refractivity contribution is -0.139. The minimum atomic E-state index is -0.931. The summed E-state index contributed by atoms with van der Waals surface area (Å²) in [7, 11) is 1.18. The highest BCUT2D eigenvalue weighted by Gasteiger charge is 2.37. The molecule has 7 nitrogen and oxygen atoms in total. The number of ether oxygens (including phenoxy) is 1. The van der Waals surface area contributed by atoms with Gasteiger partial charge >= 0.3 is 5.97 Å². The van der Waals surface area contributed by atoms with Crippen molar-refractivity contribution in [2.45, 2.75) is 26.2 Å². The Hall–Kier alpha value is -3.48. The minimum absolute atomic E-state index is 0.00330. The average Bonchev–Trinajstić information content (AvgIpc) is 2.65. The number of Topliss-reactive ketones (excluding diaryl/α,β-unsaturated/α-hetero) is 3. The van der Waals surface area contributed by atoms with E-state index in [-0.39, 0.29) is 52.0 Å². The van der Waals surface area contributed by atoms with Crippen LogP contribution in [0.5, 0.6) is 11.5 Å². The molecule has 0 aromatic heterocycles. The molecule has 1 aliphatic rings. The molecule has 1 aliphatic carbocycles. The summed E-state index contributed by atoms with van der Waals surface area (Å²) < 4.78 is 4.64. The van der Waals surface area contributed by atoms with E-state index in [1.165, 1.54) is 31.4 Å². The molecule has 2 aromatic rings. The first-order valence-corrected chi connectivity index (χ1v) is 8.72. The molecule has 0 spiro atoms. The van der Waals surface area contributed by atoms with E-state index in [4.69, 9.17) is 0 Å². The van der Waals surface area contributed by atoms with Gasteiger partial charge in [0.1, 0.15) is 11.5 Å². The van der Waals surface area contributed by atoms with E-state index in [1.54, 1.807) is 6.92 Å². The van der Waals surface area contributed by atoms with Gasteiger partial charge in [0.2, 0.25) is 11.6 Å². The zero-order valence-corrected chi connectivity index (χ0v) is 15.4. The van der Waals surface area contributed by atoms with Crippen molar-refractivity contribution >= 4 is 23.3 Å². The molecular weight excluding hydrogens is 364 g/mol. The van der Waals surface area contributed by atoms with Crippen LogP contribution in [0.3, 0.4) is 0 Å². The van der Waals surface area contributed by atoms with Crippen molar-refractivity contribution in [1.82, 2.24) is 0 Å². The van der Waals surface area contributed by atoms with Gasteiger partial charge < -0.3 is 14.9 Å². The third-order valence-electron chi connectivity index (χ3n) is 4.69. The molecule has 0 heterocycles. The second kappa shape index (κ2) is 7.26. The number of rotatable bonds is 5. The van der Waals surface area contributed by atoms with Gasteiger partial charge in [0, 0.05) is 23.1 Å². The van der Waals surface area contributed by atoms with Crippen molar-refractivity contribution < 1.29 is 34.1 Å². The Bertz CT molecular complexity index is 1030. The molecule has 0 saturated carbocycles. The number of fused-ring (bicyclic) bond motifs is 3. The number of phenols is 2. The maximum atomic E-state index is 12.7. The van der Waals surface area contributed by atoms with Crippen molar-refractivity contribution in [3.05, 3.63) is 46.5 Å². The van der Waals surface area contributed by atoms with Crippen LogP contribution in [0, 0.1) is 0 Å².